The molecule has 62 heavy (non-hydrogen) atoms. The summed E-state index contributed by atoms with van der Waals surface area (Å²) >= 11 is 0. The van der Waals surface area contributed by atoms with E-state index in [-0.39, 0.29) is 0 Å². The van der Waals surface area contributed by atoms with Gasteiger partial charge in [-0.15, -0.1) is 0 Å². The first kappa shape index (κ1) is 36.7. The minimum absolute atomic E-state index is 0.620. The Morgan fingerprint density at radius 2 is 0.581 bits per heavy atom. The van der Waals surface area contributed by atoms with E-state index < -0.39 is 0 Å². The smallest absolute Gasteiger partial charge is 0.166 e. The van der Waals surface area contributed by atoms with Gasteiger partial charge in [-0.1, -0.05) is 158 Å². The second-order valence-corrected chi connectivity index (χ2v) is 15.4. The Labute approximate surface area is 358 Å². The van der Waals surface area contributed by atoms with Gasteiger partial charge in [0.05, 0.1) is 11.0 Å². The average Bonchev–Trinajstić information content (AvgIpc) is 3.93. The van der Waals surface area contributed by atoms with Crippen molar-refractivity contribution in [3.63, 3.8) is 0 Å². The fraction of sp³-hybridized carbons (Fsp3) is 0.0370. The maximum absolute atomic E-state index is 5.10. The molecule has 8 nitrogen and oxygen atoms in total. The molecule has 0 bridgehead atoms. The highest BCUT2D eigenvalue weighted by molar-refractivity contribution is 5.97. The van der Waals surface area contributed by atoms with Crippen LogP contribution in [0.3, 0.4) is 0 Å². The number of hydrogen-bond donors (Lipinski definition) is 0. The molecule has 0 amide bonds. The summed E-state index contributed by atoms with van der Waals surface area (Å²) in [5, 5.41) is 2.11. The van der Waals surface area contributed by atoms with E-state index in [2.05, 4.69) is 96.0 Å². The van der Waals surface area contributed by atoms with Gasteiger partial charge < -0.3 is 9.13 Å². The Kier molecular flexibility index (Phi) is 9.08. The van der Waals surface area contributed by atoms with Crippen molar-refractivity contribution in [3.8, 4) is 79.7 Å². The standard InChI is InChI=1S/C54H38N8/c1-35-31-48(62-34-44(42-28-16-18-30-46(42)62)54-59-51(39-23-11-5-12-24-39)56-52(60-54)40-25-13-6-14-26-40)36(2)32-47(35)61-33-43(41-27-15-17-29-45(41)61)53-57-49(37-19-7-3-8-20-37)55-50(58-53)38-21-9-4-10-22-38/h3-34H,1-2H3. The number of rotatable bonds is 8. The van der Waals surface area contributed by atoms with Gasteiger partial charge in [0, 0.05) is 67.9 Å². The zero-order valence-electron chi connectivity index (χ0n) is 34.1. The van der Waals surface area contributed by atoms with Crippen molar-refractivity contribution in [3.05, 3.63) is 206 Å². The first-order valence-electron chi connectivity index (χ1n) is 20.6. The summed E-state index contributed by atoms with van der Waals surface area (Å²) in [4.78, 5) is 30.3. The maximum Gasteiger partial charge on any atom is 0.166 e. The molecule has 0 spiro atoms. The molecule has 7 aromatic carbocycles. The summed E-state index contributed by atoms with van der Waals surface area (Å²) < 4.78 is 4.54. The van der Waals surface area contributed by atoms with Gasteiger partial charge in [-0.25, -0.2) is 29.9 Å². The molecule has 0 saturated carbocycles. The van der Waals surface area contributed by atoms with Crippen molar-refractivity contribution in [1.82, 2.24) is 39.0 Å². The van der Waals surface area contributed by atoms with E-state index in [0.717, 1.165) is 77.7 Å². The molecule has 0 unspecified atom stereocenters. The van der Waals surface area contributed by atoms with Crippen molar-refractivity contribution >= 4 is 21.8 Å². The van der Waals surface area contributed by atoms with E-state index in [9.17, 15) is 0 Å². The summed E-state index contributed by atoms with van der Waals surface area (Å²) in [6.07, 6.45) is 4.34. The lowest BCUT2D eigenvalue weighted by molar-refractivity contribution is 1.04. The summed E-state index contributed by atoms with van der Waals surface area (Å²) in [6.45, 7) is 4.35. The van der Waals surface area contributed by atoms with Crippen LogP contribution < -0.4 is 0 Å². The highest BCUT2D eigenvalue weighted by Gasteiger charge is 2.21. The molecule has 0 radical (unpaired) electrons. The number of nitrogens with zero attached hydrogens (tertiary/aromatic N) is 8. The van der Waals surface area contributed by atoms with Crippen LogP contribution in [0.2, 0.25) is 0 Å². The average molecular weight is 799 g/mol. The Hall–Kier alpha value is -8.36. The number of aryl methyl sites for hydroxylation is 2. The molecule has 11 rings (SSSR count). The van der Waals surface area contributed by atoms with Gasteiger partial charge in [-0.2, -0.15) is 0 Å². The molecule has 294 valence electrons. The van der Waals surface area contributed by atoms with Crippen LogP contribution in [-0.2, 0) is 0 Å². The third kappa shape index (κ3) is 6.60. The number of aromatic nitrogens is 8. The molecule has 4 aromatic heterocycles. The van der Waals surface area contributed by atoms with Crippen molar-refractivity contribution in [2.24, 2.45) is 0 Å². The minimum Gasteiger partial charge on any atom is -0.316 e. The molecule has 0 fully saturated rings. The Morgan fingerprint density at radius 1 is 0.306 bits per heavy atom. The second kappa shape index (κ2) is 15.3. The normalized spacial score (nSPS) is 11.4. The van der Waals surface area contributed by atoms with Gasteiger partial charge in [0.15, 0.2) is 34.9 Å². The molecule has 0 aliphatic carbocycles. The monoisotopic (exact) mass is 798 g/mol. The SMILES string of the molecule is Cc1cc(-n2cc(-c3nc(-c4ccccc4)nc(-c4ccccc4)n3)c3ccccc32)c(C)cc1-n1cc(-c2nc(-c3ccccc3)nc(-c3ccccc3)n2)c2ccccc21. The number of fused-ring (bicyclic) bond motifs is 2. The van der Waals surface area contributed by atoms with Gasteiger partial charge in [-0.05, 0) is 49.2 Å². The molecule has 0 aliphatic rings. The fourth-order valence-electron chi connectivity index (χ4n) is 8.28. The Bertz CT molecular complexity index is 3070. The third-order valence-electron chi connectivity index (χ3n) is 11.3. The van der Waals surface area contributed by atoms with Crippen LogP contribution in [-0.4, -0.2) is 39.0 Å². The number of hydrogen-bond acceptors (Lipinski definition) is 6. The first-order chi connectivity index (χ1) is 30.6. The molecular formula is C54H38N8. The van der Waals surface area contributed by atoms with Crippen LogP contribution >= 0.6 is 0 Å². The Balaban J connectivity index is 1.04. The van der Waals surface area contributed by atoms with Crippen molar-refractivity contribution in [1.29, 1.82) is 0 Å². The van der Waals surface area contributed by atoms with E-state index in [0.29, 0.717) is 34.9 Å². The Morgan fingerprint density at radius 3 is 0.903 bits per heavy atom. The zero-order valence-corrected chi connectivity index (χ0v) is 34.1. The highest BCUT2D eigenvalue weighted by Crippen LogP contribution is 2.37. The molecule has 0 atom stereocenters. The lowest BCUT2D eigenvalue weighted by Crippen LogP contribution is -2.02. The second-order valence-electron chi connectivity index (χ2n) is 15.4. The van der Waals surface area contributed by atoms with Gasteiger partial charge in [-0.3, -0.25) is 0 Å². The maximum atomic E-state index is 5.10. The lowest BCUT2D eigenvalue weighted by Gasteiger charge is -2.16. The summed E-state index contributed by atoms with van der Waals surface area (Å²) in [6, 6.07) is 61.9. The van der Waals surface area contributed by atoms with Gasteiger partial charge in [0.25, 0.3) is 0 Å². The number of para-hydroxylation sites is 2. The molecular weight excluding hydrogens is 761 g/mol. The van der Waals surface area contributed by atoms with E-state index in [1.165, 1.54) is 0 Å². The van der Waals surface area contributed by atoms with Gasteiger partial charge in [0.1, 0.15) is 0 Å². The van der Waals surface area contributed by atoms with Crippen LogP contribution in [0.4, 0.5) is 0 Å². The van der Waals surface area contributed by atoms with Crippen molar-refractivity contribution < 1.29 is 0 Å². The molecule has 0 aliphatic heterocycles. The topological polar surface area (TPSA) is 87.2 Å². The predicted octanol–water partition coefficient (Wildman–Crippen LogP) is 12.6. The van der Waals surface area contributed by atoms with Crippen LogP contribution in [0.1, 0.15) is 11.1 Å². The van der Waals surface area contributed by atoms with Crippen LogP contribution in [0.15, 0.2) is 194 Å². The van der Waals surface area contributed by atoms with E-state index in [1.807, 2.05) is 121 Å². The van der Waals surface area contributed by atoms with E-state index in [1.54, 1.807) is 0 Å². The van der Waals surface area contributed by atoms with Crippen molar-refractivity contribution in [2.75, 3.05) is 0 Å². The first-order valence-corrected chi connectivity index (χ1v) is 20.6. The summed E-state index contributed by atoms with van der Waals surface area (Å²) in [5.41, 5.74) is 12.1. The summed E-state index contributed by atoms with van der Waals surface area (Å²) in [7, 11) is 0. The molecule has 8 heteroatoms. The van der Waals surface area contributed by atoms with E-state index >= 15 is 0 Å². The number of benzene rings is 7. The predicted molar refractivity (Wildman–Crippen MR) is 249 cm³/mol. The van der Waals surface area contributed by atoms with Crippen LogP contribution in [0.25, 0.3) is 102 Å². The van der Waals surface area contributed by atoms with Crippen LogP contribution in [0, 0.1) is 13.8 Å². The molecule has 0 saturated heterocycles. The third-order valence-corrected chi connectivity index (χ3v) is 11.3. The fourth-order valence-corrected chi connectivity index (χ4v) is 8.28. The van der Waals surface area contributed by atoms with Gasteiger partial charge >= 0.3 is 0 Å². The molecule has 11 aromatic rings. The summed E-state index contributed by atoms with van der Waals surface area (Å²) in [5.74, 6) is 3.76. The zero-order chi connectivity index (χ0) is 41.6. The van der Waals surface area contributed by atoms with Gasteiger partial charge in [0.2, 0.25) is 0 Å². The van der Waals surface area contributed by atoms with Crippen molar-refractivity contribution in [2.45, 2.75) is 13.8 Å². The lowest BCUT2D eigenvalue weighted by atomic mass is 10.1. The van der Waals surface area contributed by atoms with Crippen LogP contribution in [0.5, 0.6) is 0 Å². The quantitative estimate of drug-likeness (QED) is 0.152. The molecule has 4 heterocycles. The minimum atomic E-state index is 0.620. The molecule has 0 N–H and O–H groups in total. The van der Waals surface area contributed by atoms with E-state index in [4.69, 9.17) is 29.9 Å². The highest BCUT2D eigenvalue weighted by atomic mass is 15.1. The largest absolute Gasteiger partial charge is 0.316 e.